The molecule has 0 radical (unpaired) electrons. The smallest absolute Gasteiger partial charge is 0.344 e. The van der Waals surface area contributed by atoms with Crippen molar-refractivity contribution in [2.24, 2.45) is 46.3 Å². The Hall–Kier alpha value is -3.34. The number of allylic oxidation sites excluding steroid dienone is 1. The molecule has 3 aromatic rings. The molecule has 0 amide bonds. The van der Waals surface area contributed by atoms with Crippen molar-refractivity contribution in [1.82, 2.24) is 0 Å². The Balaban J connectivity index is 0.961. The summed E-state index contributed by atoms with van der Waals surface area (Å²) in [5.41, 5.74) is 5.76. The Morgan fingerprint density at radius 1 is 0.923 bits per heavy atom. The number of fused-ring (bicyclic) bond motifs is 6. The van der Waals surface area contributed by atoms with Crippen LogP contribution in [0.25, 0.3) is 11.0 Å². The second kappa shape index (κ2) is 14.8. The first kappa shape index (κ1) is 37.0. The monoisotopic (exact) mass is 706 g/mol. The summed E-state index contributed by atoms with van der Waals surface area (Å²) in [6, 6.07) is 13.8. The van der Waals surface area contributed by atoms with E-state index in [0.29, 0.717) is 34.3 Å². The summed E-state index contributed by atoms with van der Waals surface area (Å²) < 4.78 is 17.9. The molecule has 1 aromatic heterocycles. The Morgan fingerprint density at radius 2 is 1.71 bits per heavy atom. The number of benzene rings is 2. The fourth-order valence-electron chi connectivity index (χ4n) is 11.8. The van der Waals surface area contributed by atoms with Gasteiger partial charge in [-0.15, -0.1) is 0 Å². The third-order valence-corrected chi connectivity index (χ3v) is 14.8. The van der Waals surface area contributed by atoms with Gasteiger partial charge in [-0.2, -0.15) is 0 Å². The van der Waals surface area contributed by atoms with E-state index in [2.05, 4.69) is 40.7 Å². The molecule has 280 valence electrons. The van der Waals surface area contributed by atoms with E-state index in [4.69, 9.17) is 13.9 Å². The minimum absolute atomic E-state index is 0.107. The Morgan fingerprint density at radius 3 is 2.48 bits per heavy atom. The molecule has 5 nitrogen and oxygen atoms in total. The molecule has 5 heteroatoms. The number of ether oxygens (including phenoxy) is 2. The van der Waals surface area contributed by atoms with Gasteiger partial charge in [0.1, 0.15) is 17.4 Å². The summed E-state index contributed by atoms with van der Waals surface area (Å²) in [5.74, 6) is 5.09. The summed E-state index contributed by atoms with van der Waals surface area (Å²) in [5, 5.41) is 0.883. The second-order valence-corrected chi connectivity index (χ2v) is 18.2. The van der Waals surface area contributed by atoms with Crippen molar-refractivity contribution in [3.05, 3.63) is 86.8 Å². The normalized spacial score (nSPS) is 30.3. The maximum Gasteiger partial charge on any atom is 0.344 e. The summed E-state index contributed by atoms with van der Waals surface area (Å²) in [6.45, 7) is 16.2. The van der Waals surface area contributed by atoms with Gasteiger partial charge in [-0.1, -0.05) is 95.9 Å². The first-order valence-corrected chi connectivity index (χ1v) is 20.5. The van der Waals surface area contributed by atoms with Gasteiger partial charge in [0, 0.05) is 29.4 Å². The minimum atomic E-state index is -0.342. The van der Waals surface area contributed by atoms with Crippen LogP contribution in [0.3, 0.4) is 0 Å². The van der Waals surface area contributed by atoms with E-state index in [9.17, 15) is 9.59 Å². The van der Waals surface area contributed by atoms with Crippen molar-refractivity contribution < 1.29 is 18.7 Å². The minimum Gasteiger partial charge on any atom is -0.481 e. The van der Waals surface area contributed by atoms with Crippen LogP contribution in [-0.4, -0.2) is 18.7 Å². The largest absolute Gasteiger partial charge is 0.481 e. The van der Waals surface area contributed by atoms with Crippen molar-refractivity contribution in [2.75, 3.05) is 6.61 Å². The van der Waals surface area contributed by atoms with Gasteiger partial charge in [0.15, 0.2) is 6.61 Å². The molecule has 4 aliphatic carbocycles. The Kier molecular flexibility index (Phi) is 10.5. The van der Waals surface area contributed by atoms with Crippen LogP contribution in [0.5, 0.6) is 5.75 Å². The summed E-state index contributed by atoms with van der Waals surface area (Å²) in [6.07, 6.45) is 16.7. The van der Waals surface area contributed by atoms with Gasteiger partial charge in [-0.05, 0) is 128 Å². The van der Waals surface area contributed by atoms with Crippen LogP contribution in [0.15, 0.2) is 63.3 Å². The van der Waals surface area contributed by atoms with Crippen molar-refractivity contribution in [2.45, 2.75) is 132 Å². The SMILES string of the molecule is Cc1c(Cc2ccccc2)c(=O)oc2c(C)c(OCC(=O)OC3CCC4(C)C(=CCC5C4CCC4(C)C(C(C)CCCC(C)C)CCC54)C3)ccc12. The van der Waals surface area contributed by atoms with Gasteiger partial charge in [-0.3, -0.25) is 0 Å². The number of carbonyl (C=O) groups excluding carboxylic acids is 1. The maximum atomic E-state index is 13.2. The second-order valence-electron chi connectivity index (χ2n) is 18.2. The molecule has 0 N–H and O–H groups in total. The molecule has 3 saturated carbocycles. The third kappa shape index (κ3) is 6.91. The fourth-order valence-corrected chi connectivity index (χ4v) is 11.8. The van der Waals surface area contributed by atoms with Crippen LogP contribution in [-0.2, 0) is 16.0 Å². The number of rotatable bonds is 11. The lowest BCUT2D eigenvalue weighted by Gasteiger charge is -2.58. The zero-order chi connectivity index (χ0) is 36.8. The topological polar surface area (TPSA) is 65.7 Å². The standard InChI is InChI=1S/C47H62O5/c1-29(2)12-11-13-30(3)39-19-20-40-37-17-16-34-27-35(22-24-46(34,6)41(37)23-25-47(39,40)7)51-43(48)28-50-42-21-18-36-31(4)38(26-33-14-9-8-10-15-33)45(49)52-44(36)32(42)5/h8-10,14-16,18,21,29-30,35,37,39-41H,11-13,17,19-20,22-28H2,1-7H3. The van der Waals surface area contributed by atoms with Crippen molar-refractivity contribution in [3.8, 4) is 5.75 Å². The number of esters is 1. The lowest BCUT2D eigenvalue weighted by Crippen LogP contribution is -2.51. The molecule has 52 heavy (non-hydrogen) atoms. The zero-order valence-corrected chi connectivity index (χ0v) is 32.9. The van der Waals surface area contributed by atoms with Gasteiger partial charge in [0.2, 0.25) is 0 Å². The van der Waals surface area contributed by atoms with Crippen LogP contribution in [0.4, 0.5) is 0 Å². The Labute approximate surface area is 311 Å². The highest BCUT2D eigenvalue weighted by Crippen LogP contribution is 2.67. The molecule has 1 heterocycles. The van der Waals surface area contributed by atoms with Crippen molar-refractivity contribution >= 4 is 16.9 Å². The van der Waals surface area contributed by atoms with E-state index in [-0.39, 0.29) is 29.7 Å². The highest BCUT2D eigenvalue weighted by molar-refractivity contribution is 5.86. The highest BCUT2D eigenvalue weighted by Gasteiger charge is 2.59. The van der Waals surface area contributed by atoms with E-state index < -0.39 is 0 Å². The predicted octanol–water partition coefficient (Wildman–Crippen LogP) is 11.3. The van der Waals surface area contributed by atoms with E-state index >= 15 is 0 Å². The van der Waals surface area contributed by atoms with Crippen LogP contribution in [0, 0.1) is 60.2 Å². The van der Waals surface area contributed by atoms with E-state index in [1.54, 1.807) is 0 Å². The number of carbonyl (C=O) groups is 1. The van der Waals surface area contributed by atoms with Crippen LogP contribution >= 0.6 is 0 Å². The zero-order valence-electron chi connectivity index (χ0n) is 32.9. The molecule has 4 aliphatic rings. The Bertz CT molecular complexity index is 1850. The van der Waals surface area contributed by atoms with E-state index in [1.165, 1.54) is 56.9 Å². The first-order valence-electron chi connectivity index (χ1n) is 20.5. The molecule has 3 fully saturated rings. The summed E-state index contributed by atoms with van der Waals surface area (Å²) >= 11 is 0. The fraction of sp³-hybridized carbons (Fsp3) is 0.617. The molecule has 2 aromatic carbocycles. The summed E-state index contributed by atoms with van der Waals surface area (Å²) in [7, 11) is 0. The van der Waals surface area contributed by atoms with Crippen molar-refractivity contribution in [1.29, 1.82) is 0 Å². The molecule has 7 rings (SSSR count). The van der Waals surface area contributed by atoms with E-state index in [0.717, 1.165) is 71.3 Å². The molecule has 0 bridgehead atoms. The van der Waals surface area contributed by atoms with Gasteiger partial charge in [-0.25, -0.2) is 9.59 Å². The molecule has 0 saturated heterocycles. The lowest BCUT2D eigenvalue weighted by molar-refractivity contribution is -0.153. The van der Waals surface area contributed by atoms with Gasteiger partial charge >= 0.3 is 11.6 Å². The van der Waals surface area contributed by atoms with Gasteiger partial charge in [0.25, 0.3) is 0 Å². The molecule has 0 aliphatic heterocycles. The molecule has 8 atom stereocenters. The average Bonchev–Trinajstić information content (AvgIpc) is 3.48. The highest BCUT2D eigenvalue weighted by atomic mass is 16.6. The average molecular weight is 707 g/mol. The number of hydrogen-bond donors (Lipinski definition) is 0. The maximum absolute atomic E-state index is 13.2. The predicted molar refractivity (Wildman–Crippen MR) is 210 cm³/mol. The first-order chi connectivity index (χ1) is 24.9. The molecular formula is C47H62O5. The third-order valence-electron chi connectivity index (χ3n) is 14.8. The van der Waals surface area contributed by atoms with Crippen molar-refractivity contribution in [3.63, 3.8) is 0 Å². The van der Waals surface area contributed by atoms with Crippen LogP contribution in [0.1, 0.15) is 128 Å². The molecular weight excluding hydrogens is 645 g/mol. The van der Waals surface area contributed by atoms with Gasteiger partial charge < -0.3 is 13.9 Å². The molecule has 0 spiro atoms. The molecule has 8 unspecified atom stereocenters. The van der Waals surface area contributed by atoms with E-state index in [1.807, 2.05) is 56.3 Å². The van der Waals surface area contributed by atoms with Crippen LogP contribution in [0.2, 0.25) is 0 Å². The number of hydrogen-bond acceptors (Lipinski definition) is 5. The quantitative estimate of drug-likeness (QED) is 0.113. The number of aryl methyl sites for hydroxylation is 2. The van der Waals surface area contributed by atoms with Crippen LogP contribution < -0.4 is 10.4 Å². The summed E-state index contributed by atoms with van der Waals surface area (Å²) in [4.78, 5) is 26.2. The lowest BCUT2D eigenvalue weighted by atomic mass is 9.47. The van der Waals surface area contributed by atoms with Gasteiger partial charge in [0.05, 0.1) is 0 Å².